The molecule has 188 valence electrons. The molecule has 6 nitrogen and oxygen atoms in total. The first-order valence-corrected chi connectivity index (χ1v) is 12.2. The molecule has 0 radical (unpaired) electrons. The van der Waals surface area contributed by atoms with Crippen LogP contribution in [0.2, 0.25) is 0 Å². The number of aromatic nitrogens is 3. The molecule has 0 amide bonds. The fourth-order valence-corrected chi connectivity index (χ4v) is 5.19. The minimum absolute atomic E-state index is 0.000385. The lowest BCUT2D eigenvalue weighted by atomic mass is 9.79. The van der Waals surface area contributed by atoms with Gasteiger partial charge < -0.3 is 19.7 Å². The minimum Gasteiger partial charge on any atom is -0.492 e. The van der Waals surface area contributed by atoms with E-state index in [-0.39, 0.29) is 41.5 Å². The molecule has 9 heteroatoms. The van der Waals surface area contributed by atoms with E-state index in [1.807, 2.05) is 32.9 Å². The van der Waals surface area contributed by atoms with E-state index in [9.17, 15) is 18.3 Å². The number of hydrogen-bond donors (Lipinski definition) is 2. The first-order valence-electron chi connectivity index (χ1n) is 12.2. The zero-order chi connectivity index (χ0) is 25.0. The van der Waals surface area contributed by atoms with Crippen molar-refractivity contribution in [2.75, 3.05) is 6.61 Å². The second kappa shape index (κ2) is 8.78. The average molecular weight is 489 g/mol. The van der Waals surface area contributed by atoms with Gasteiger partial charge in [0.1, 0.15) is 12.4 Å². The summed E-state index contributed by atoms with van der Waals surface area (Å²) in [4.78, 5) is 8.74. The SMILES string of the molecule is CC(C)n1cnc2cc(OC[C@@H]3C[C@](O)(c4ccc(C5CC5)nc4)C[C@H](C)N3)cc(C(F)(F)F)c21. The van der Waals surface area contributed by atoms with E-state index >= 15 is 0 Å². The van der Waals surface area contributed by atoms with Crippen LogP contribution in [0.15, 0.2) is 36.8 Å². The molecule has 0 unspecified atom stereocenters. The largest absolute Gasteiger partial charge is 0.492 e. The van der Waals surface area contributed by atoms with E-state index in [1.54, 1.807) is 12.3 Å². The zero-order valence-corrected chi connectivity index (χ0v) is 20.1. The average Bonchev–Trinajstić information content (AvgIpc) is 3.55. The van der Waals surface area contributed by atoms with Gasteiger partial charge in [-0.1, -0.05) is 6.07 Å². The zero-order valence-electron chi connectivity index (χ0n) is 20.1. The summed E-state index contributed by atoms with van der Waals surface area (Å²) in [6.45, 7) is 5.74. The maximum absolute atomic E-state index is 13.9. The quantitative estimate of drug-likeness (QED) is 0.492. The molecular formula is C26H31F3N4O2. The number of benzene rings is 1. The predicted octanol–water partition coefficient (Wildman–Crippen LogP) is 5.32. The molecule has 2 fully saturated rings. The Balaban J connectivity index is 1.35. The third-order valence-corrected chi connectivity index (χ3v) is 7.02. The highest BCUT2D eigenvalue weighted by Crippen LogP contribution is 2.41. The van der Waals surface area contributed by atoms with Gasteiger partial charge in [0, 0.05) is 47.6 Å². The van der Waals surface area contributed by atoms with Crippen molar-refractivity contribution in [2.45, 2.75) is 82.3 Å². The van der Waals surface area contributed by atoms with Crippen LogP contribution >= 0.6 is 0 Å². The Bertz CT molecular complexity index is 1200. The summed E-state index contributed by atoms with van der Waals surface area (Å²) in [5.74, 6) is 0.649. The van der Waals surface area contributed by atoms with Crippen LogP contribution in [0.1, 0.15) is 75.2 Å². The Morgan fingerprint density at radius 1 is 1.20 bits per heavy atom. The summed E-state index contributed by atoms with van der Waals surface area (Å²) in [7, 11) is 0. The summed E-state index contributed by atoms with van der Waals surface area (Å²) in [6.07, 6.45) is 1.87. The van der Waals surface area contributed by atoms with Crippen molar-refractivity contribution < 1.29 is 23.0 Å². The maximum atomic E-state index is 13.9. The molecule has 3 atom stereocenters. The van der Waals surface area contributed by atoms with E-state index < -0.39 is 17.3 Å². The second-order valence-electron chi connectivity index (χ2n) is 10.3. The van der Waals surface area contributed by atoms with E-state index in [1.165, 1.54) is 10.9 Å². The molecule has 1 aromatic carbocycles. The van der Waals surface area contributed by atoms with Gasteiger partial charge in [0.05, 0.1) is 28.5 Å². The molecule has 3 heterocycles. The monoisotopic (exact) mass is 488 g/mol. The molecule has 1 saturated carbocycles. The molecule has 35 heavy (non-hydrogen) atoms. The van der Waals surface area contributed by atoms with E-state index in [2.05, 4.69) is 15.3 Å². The van der Waals surface area contributed by atoms with Gasteiger partial charge in [-0.05, 0) is 58.6 Å². The number of aliphatic hydroxyl groups is 1. The van der Waals surface area contributed by atoms with E-state index in [4.69, 9.17) is 4.74 Å². The summed E-state index contributed by atoms with van der Waals surface area (Å²) in [6, 6.07) is 6.12. The number of fused-ring (bicyclic) bond motifs is 1. The highest BCUT2D eigenvalue weighted by atomic mass is 19.4. The number of alkyl halides is 3. The van der Waals surface area contributed by atoms with Gasteiger partial charge in [0.25, 0.3) is 0 Å². The van der Waals surface area contributed by atoms with Crippen LogP contribution in [-0.2, 0) is 11.8 Å². The molecule has 0 bridgehead atoms. The van der Waals surface area contributed by atoms with Gasteiger partial charge in [-0.3, -0.25) is 4.98 Å². The Labute approximate surface area is 202 Å². The summed E-state index contributed by atoms with van der Waals surface area (Å²) >= 11 is 0. The Morgan fingerprint density at radius 3 is 2.60 bits per heavy atom. The molecule has 5 rings (SSSR count). The van der Waals surface area contributed by atoms with E-state index in [0.717, 1.165) is 30.2 Å². The standard InChI is InChI=1S/C26H31F3N4O2/c1-15(2)33-14-31-23-9-20(8-21(24(23)33)26(27,28)29)35-13-19-11-25(34,10-16(3)32-19)18-6-7-22(30-12-18)17-4-5-17/h6-9,12,14-17,19,32,34H,4-5,10-11,13H2,1-3H3/t16-,19-,25-/m0/s1. The van der Waals surface area contributed by atoms with Crippen molar-refractivity contribution in [3.63, 3.8) is 0 Å². The Kier molecular flexibility index (Phi) is 6.04. The van der Waals surface area contributed by atoms with Crippen LogP contribution in [0.5, 0.6) is 5.75 Å². The van der Waals surface area contributed by atoms with Crippen molar-refractivity contribution in [3.05, 3.63) is 53.6 Å². The highest BCUT2D eigenvalue weighted by Gasteiger charge is 2.40. The number of halogens is 3. The molecule has 2 aliphatic rings. The van der Waals surface area contributed by atoms with Crippen LogP contribution in [0.25, 0.3) is 11.0 Å². The van der Waals surface area contributed by atoms with E-state index in [0.29, 0.717) is 18.8 Å². The first-order chi connectivity index (χ1) is 16.5. The van der Waals surface area contributed by atoms with Gasteiger partial charge in [-0.15, -0.1) is 0 Å². The topological polar surface area (TPSA) is 72.2 Å². The third-order valence-electron chi connectivity index (χ3n) is 7.02. The van der Waals surface area contributed by atoms with Gasteiger partial charge in [-0.2, -0.15) is 13.2 Å². The molecular weight excluding hydrogens is 457 g/mol. The lowest BCUT2D eigenvalue weighted by Gasteiger charge is -2.41. The van der Waals surface area contributed by atoms with Crippen LogP contribution in [0.4, 0.5) is 13.2 Å². The van der Waals surface area contributed by atoms with Gasteiger partial charge in [0.15, 0.2) is 0 Å². The highest BCUT2D eigenvalue weighted by molar-refractivity contribution is 5.81. The van der Waals surface area contributed by atoms with Crippen molar-refractivity contribution in [1.29, 1.82) is 0 Å². The van der Waals surface area contributed by atoms with Gasteiger partial charge in [0.2, 0.25) is 0 Å². The number of nitrogens with zero attached hydrogens (tertiary/aromatic N) is 3. The number of rotatable bonds is 6. The number of imidazole rings is 1. The normalized spacial score (nSPS) is 25.4. The molecule has 2 aromatic heterocycles. The number of piperidine rings is 1. The van der Waals surface area contributed by atoms with Gasteiger partial charge >= 0.3 is 6.18 Å². The van der Waals surface area contributed by atoms with Crippen LogP contribution < -0.4 is 10.1 Å². The van der Waals surface area contributed by atoms with Crippen molar-refractivity contribution in [3.8, 4) is 5.75 Å². The summed E-state index contributed by atoms with van der Waals surface area (Å²) in [5, 5.41) is 14.9. The minimum atomic E-state index is -4.54. The van der Waals surface area contributed by atoms with Crippen molar-refractivity contribution >= 4 is 11.0 Å². The summed E-state index contributed by atoms with van der Waals surface area (Å²) < 4.78 is 49.0. The van der Waals surface area contributed by atoms with Crippen LogP contribution in [0.3, 0.4) is 0 Å². The molecule has 3 aromatic rings. The Morgan fingerprint density at radius 2 is 1.97 bits per heavy atom. The molecule has 2 N–H and O–H groups in total. The number of hydrogen-bond acceptors (Lipinski definition) is 5. The number of nitrogens with one attached hydrogen (secondary N) is 1. The molecule has 1 saturated heterocycles. The van der Waals surface area contributed by atoms with Crippen molar-refractivity contribution in [1.82, 2.24) is 19.9 Å². The fraction of sp³-hybridized carbons (Fsp3) is 0.538. The first kappa shape index (κ1) is 24.1. The van der Waals surface area contributed by atoms with Gasteiger partial charge in [-0.25, -0.2) is 4.98 Å². The fourth-order valence-electron chi connectivity index (χ4n) is 5.19. The summed E-state index contributed by atoms with van der Waals surface area (Å²) in [5.41, 5.74) is 0.285. The van der Waals surface area contributed by atoms with Crippen molar-refractivity contribution in [2.24, 2.45) is 0 Å². The smallest absolute Gasteiger partial charge is 0.418 e. The Hall–Kier alpha value is -2.65. The third kappa shape index (κ3) is 4.89. The molecule has 1 aliphatic carbocycles. The maximum Gasteiger partial charge on any atom is 0.418 e. The second-order valence-corrected chi connectivity index (χ2v) is 10.3. The molecule has 0 spiro atoms. The number of ether oxygens (including phenoxy) is 1. The lowest BCUT2D eigenvalue weighted by Crippen LogP contribution is -2.53. The lowest BCUT2D eigenvalue weighted by molar-refractivity contribution is -0.136. The predicted molar refractivity (Wildman–Crippen MR) is 126 cm³/mol. The molecule has 1 aliphatic heterocycles. The number of pyridine rings is 1. The van der Waals surface area contributed by atoms with Crippen LogP contribution in [0, 0.1) is 0 Å². The van der Waals surface area contributed by atoms with Crippen LogP contribution in [-0.4, -0.2) is 38.3 Å².